The number of carbonyl (C=O) groups excluding carboxylic acids is 1. The number of thiophene rings is 1. The number of nitrogens with zero attached hydrogens (tertiary/aromatic N) is 1. The summed E-state index contributed by atoms with van der Waals surface area (Å²) >= 11 is 1.87. The summed E-state index contributed by atoms with van der Waals surface area (Å²) in [6.45, 7) is 32.4. The molecule has 0 unspecified atom stereocenters. The maximum atomic E-state index is 12.2. The van der Waals surface area contributed by atoms with Crippen LogP contribution in [-0.4, -0.2) is 15.9 Å². The van der Waals surface area contributed by atoms with Crippen LogP contribution in [0.25, 0.3) is 42.6 Å². The van der Waals surface area contributed by atoms with Crippen molar-refractivity contribution in [3.63, 3.8) is 0 Å². The van der Waals surface area contributed by atoms with E-state index in [-0.39, 0.29) is 47.9 Å². The number of rotatable bonds is 11. The van der Waals surface area contributed by atoms with E-state index in [2.05, 4.69) is 111 Å². The zero-order valence-electron chi connectivity index (χ0n) is 36.4. The van der Waals surface area contributed by atoms with E-state index in [0.29, 0.717) is 5.92 Å². The van der Waals surface area contributed by atoms with Crippen molar-refractivity contribution in [3.05, 3.63) is 99.9 Å². The van der Waals surface area contributed by atoms with Crippen LogP contribution in [-0.2, 0) is 31.3 Å². The van der Waals surface area contributed by atoms with Crippen LogP contribution in [0.3, 0.4) is 0 Å². The number of aliphatic hydroxyl groups excluding tert-OH is 1. The summed E-state index contributed by atoms with van der Waals surface area (Å²) in [6.07, 6.45) is 7.81. The minimum atomic E-state index is -0.337. The van der Waals surface area contributed by atoms with Gasteiger partial charge in [0.1, 0.15) is 5.76 Å². The molecule has 3 nitrogen and oxygen atoms in total. The van der Waals surface area contributed by atoms with Crippen LogP contribution >= 0.6 is 11.3 Å². The van der Waals surface area contributed by atoms with E-state index < -0.39 is 0 Å². The Bertz CT molecular complexity index is 2150. The second-order valence-corrected chi connectivity index (χ2v) is 18.7. The fraction of sp³-hybridized carbons (Fsp3) is 0.480. The molecule has 0 saturated carbocycles. The number of aryl methyl sites for hydroxylation is 4. The Morgan fingerprint density at radius 3 is 1.96 bits per heavy atom. The summed E-state index contributed by atoms with van der Waals surface area (Å²) in [5, 5.41) is 13.9. The van der Waals surface area contributed by atoms with Crippen LogP contribution in [0.4, 0.5) is 0 Å². The summed E-state index contributed by atoms with van der Waals surface area (Å²) in [4.78, 5) is 18.5. The molecule has 299 valence electrons. The van der Waals surface area contributed by atoms with Crippen molar-refractivity contribution >= 4 is 38.0 Å². The number of aromatic nitrogens is 1. The zero-order chi connectivity index (χ0) is 40.3. The molecular formula is C50H66IrNO2S-. The third kappa shape index (κ3) is 10.3. The molecule has 5 heteroatoms. The molecular weight excluding hydrogens is 871 g/mol. The molecule has 0 aliphatic carbocycles. The predicted molar refractivity (Wildman–Crippen MR) is 236 cm³/mol. The van der Waals surface area contributed by atoms with Gasteiger partial charge in [0.2, 0.25) is 0 Å². The molecule has 1 radical (unpaired) electrons. The fourth-order valence-corrected chi connectivity index (χ4v) is 8.56. The van der Waals surface area contributed by atoms with Gasteiger partial charge in [0, 0.05) is 58.5 Å². The van der Waals surface area contributed by atoms with E-state index in [1.807, 2.05) is 59.1 Å². The first-order valence-corrected chi connectivity index (χ1v) is 20.9. The minimum absolute atomic E-state index is 0. The Labute approximate surface area is 350 Å². The van der Waals surface area contributed by atoms with E-state index in [1.165, 1.54) is 70.8 Å². The van der Waals surface area contributed by atoms with Gasteiger partial charge in [-0.1, -0.05) is 123 Å². The van der Waals surface area contributed by atoms with Crippen LogP contribution in [0.5, 0.6) is 0 Å². The molecule has 0 spiro atoms. The number of carbonyl (C=O) groups is 1. The number of hydrogen-bond donors (Lipinski definition) is 1. The van der Waals surface area contributed by atoms with Gasteiger partial charge in [-0.15, -0.1) is 40.5 Å². The smallest absolute Gasteiger partial charge is 0.164 e. The van der Waals surface area contributed by atoms with E-state index in [1.54, 1.807) is 0 Å². The molecule has 0 fully saturated rings. The molecule has 0 aliphatic heterocycles. The van der Waals surface area contributed by atoms with Gasteiger partial charge >= 0.3 is 0 Å². The number of benzene rings is 3. The number of hydrogen-bond acceptors (Lipinski definition) is 4. The molecule has 5 aromatic rings. The van der Waals surface area contributed by atoms with Crippen molar-refractivity contribution in [1.82, 2.24) is 4.98 Å². The van der Waals surface area contributed by atoms with E-state index in [9.17, 15) is 9.90 Å². The minimum Gasteiger partial charge on any atom is -0.512 e. The van der Waals surface area contributed by atoms with Crippen LogP contribution in [0, 0.1) is 50.0 Å². The van der Waals surface area contributed by atoms with Gasteiger partial charge in [-0.3, -0.25) is 9.78 Å². The molecule has 0 bridgehead atoms. The average molecular weight is 937 g/mol. The Hall–Kier alpha value is -3.11. The van der Waals surface area contributed by atoms with E-state index in [4.69, 9.17) is 4.98 Å². The molecule has 2 heterocycles. The van der Waals surface area contributed by atoms with Crippen molar-refractivity contribution in [2.75, 3.05) is 0 Å². The van der Waals surface area contributed by atoms with Gasteiger partial charge in [0.25, 0.3) is 0 Å². The van der Waals surface area contributed by atoms with E-state index in [0.717, 1.165) is 43.4 Å². The number of allylic oxidation sites excluding steroid dienone is 2. The monoisotopic (exact) mass is 937 g/mol. The summed E-state index contributed by atoms with van der Waals surface area (Å²) in [6, 6.07) is 19.9. The maximum Gasteiger partial charge on any atom is 0.164 e. The predicted octanol–water partition coefficient (Wildman–Crippen LogP) is 15.2. The second kappa shape index (κ2) is 18.4. The van der Waals surface area contributed by atoms with Crippen molar-refractivity contribution in [2.45, 2.75) is 142 Å². The quantitative estimate of drug-likeness (QED) is 0.0815. The van der Waals surface area contributed by atoms with Crippen LogP contribution in [0.2, 0.25) is 0 Å². The molecule has 3 aromatic carbocycles. The summed E-state index contributed by atoms with van der Waals surface area (Å²) in [5.41, 5.74) is 11.2. The summed E-state index contributed by atoms with van der Waals surface area (Å²) < 4.78 is 1.25. The summed E-state index contributed by atoms with van der Waals surface area (Å²) in [5.74, 6) is 0.709. The molecule has 5 rings (SSSR count). The standard InChI is InChI=1S/C35H38NS.C15H28O2.Ir/c1-20(2)30-18-27(17-26-15-21(3)22(4)16-31(26)30)32-34-29(12-13-36-32)24(6)33(37-34)28-11-10-25(14-23(28)5)19-35(7,8)9;1-7-14(5,8-2)12(16)11-13(17)15(6,9-3)10-4;/h10-16,18,20H,19H2,1-9H3;11,16H,7-10H2,1-6H3;/q-1;;/b;12-11-;. The van der Waals surface area contributed by atoms with Crippen LogP contribution in [0.15, 0.2) is 60.5 Å². The van der Waals surface area contributed by atoms with Gasteiger partial charge in [-0.05, 0) is 105 Å². The zero-order valence-corrected chi connectivity index (χ0v) is 39.6. The first kappa shape index (κ1) is 46.3. The Kier molecular flexibility index (Phi) is 15.5. The van der Waals surface area contributed by atoms with Gasteiger partial charge in [-0.25, -0.2) is 0 Å². The third-order valence-electron chi connectivity index (χ3n) is 12.1. The Morgan fingerprint density at radius 1 is 0.818 bits per heavy atom. The SMILES string of the molecule is CCC(C)(CC)C(=O)/C=C(\O)C(C)(CC)CC.Cc1cc2[c-]c(-c3nccc4c(C)c(-c5ccc(CC(C)(C)C)cc5C)sc34)cc(C(C)C)c2cc1C.[Ir]. The molecule has 55 heavy (non-hydrogen) atoms. The van der Waals surface area contributed by atoms with Crippen molar-refractivity contribution in [1.29, 1.82) is 0 Å². The fourth-order valence-electron chi connectivity index (χ4n) is 7.16. The molecule has 0 saturated heterocycles. The first-order chi connectivity index (χ1) is 25.2. The summed E-state index contributed by atoms with van der Waals surface area (Å²) in [7, 11) is 0. The molecule has 0 aliphatic rings. The molecule has 0 atom stereocenters. The maximum absolute atomic E-state index is 12.2. The van der Waals surface area contributed by atoms with Crippen molar-refractivity contribution < 1.29 is 30.0 Å². The average Bonchev–Trinajstić information content (AvgIpc) is 3.46. The van der Waals surface area contributed by atoms with Crippen molar-refractivity contribution in [2.24, 2.45) is 16.2 Å². The number of aliphatic hydroxyl groups is 1. The van der Waals surface area contributed by atoms with Crippen LogP contribution < -0.4 is 0 Å². The molecule has 2 aromatic heterocycles. The largest absolute Gasteiger partial charge is 0.512 e. The number of fused-ring (bicyclic) bond motifs is 2. The Morgan fingerprint density at radius 2 is 1.42 bits per heavy atom. The van der Waals surface area contributed by atoms with Crippen molar-refractivity contribution in [3.8, 4) is 21.7 Å². The number of pyridine rings is 1. The normalized spacial score (nSPS) is 12.5. The van der Waals surface area contributed by atoms with Gasteiger partial charge in [-0.2, -0.15) is 0 Å². The van der Waals surface area contributed by atoms with Gasteiger partial charge < -0.3 is 5.11 Å². The van der Waals surface area contributed by atoms with Crippen LogP contribution in [0.1, 0.15) is 141 Å². The molecule has 0 amide bonds. The second-order valence-electron chi connectivity index (χ2n) is 17.7. The van der Waals surface area contributed by atoms with E-state index >= 15 is 0 Å². The molecule has 1 N–H and O–H groups in total. The number of ketones is 1. The topological polar surface area (TPSA) is 50.2 Å². The third-order valence-corrected chi connectivity index (χ3v) is 13.5. The first-order valence-electron chi connectivity index (χ1n) is 20.1. The van der Waals surface area contributed by atoms with Gasteiger partial charge in [0.15, 0.2) is 5.78 Å². The Balaban J connectivity index is 0.000000385. The van der Waals surface area contributed by atoms with Gasteiger partial charge in [0.05, 0.1) is 0 Å².